The zero-order valence-corrected chi connectivity index (χ0v) is 10.5. The Morgan fingerprint density at radius 3 is 2.67 bits per heavy atom. The summed E-state index contributed by atoms with van der Waals surface area (Å²) in [5.41, 5.74) is 7.89. The molecular formula is C11H9BrFNS. The second kappa shape index (κ2) is 3.94. The number of hydrogen-bond acceptors (Lipinski definition) is 2. The van der Waals surface area contributed by atoms with Crippen LogP contribution in [0, 0.1) is 12.7 Å². The summed E-state index contributed by atoms with van der Waals surface area (Å²) in [6, 6.07) is 6.57. The molecule has 0 bridgehead atoms. The van der Waals surface area contributed by atoms with E-state index in [2.05, 4.69) is 15.9 Å². The fourth-order valence-electron chi connectivity index (χ4n) is 1.32. The molecule has 0 aliphatic heterocycles. The van der Waals surface area contributed by atoms with Crippen LogP contribution in [0.25, 0.3) is 10.4 Å². The summed E-state index contributed by atoms with van der Waals surface area (Å²) in [5, 5.41) is 0. The molecule has 78 valence electrons. The second-order valence-electron chi connectivity index (χ2n) is 3.31. The molecule has 0 saturated heterocycles. The molecule has 0 saturated carbocycles. The molecule has 1 aromatic heterocycles. The van der Waals surface area contributed by atoms with Crippen LogP contribution in [0.4, 0.5) is 10.1 Å². The first-order valence-corrected chi connectivity index (χ1v) is 6.00. The molecule has 1 heterocycles. The van der Waals surface area contributed by atoms with Crippen LogP contribution in [0.2, 0.25) is 0 Å². The van der Waals surface area contributed by atoms with Gasteiger partial charge in [0.1, 0.15) is 5.82 Å². The third kappa shape index (κ3) is 2.06. The lowest BCUT2D eigenvalue weighted by atomic mass is 10.1. The summed E-state index contributed by atoms with van der Waals surface area (Å²) in [4.78, 5) is 0.893. The molecule has 1 nitrogen and oxygen atoms in total. The second-order valence-corrected chi connectivity index (χ2v) is 5.68. The van der Waals surface area contributed by atoms with E-state index in [1.807, 2.05) is 13.0 Å². The Labute approximate surface area is 99.9 Å². The summed E-state index contributed by atoms with van der Waals surface area (Å²) < 4.78 is 14.6. The van der Waals surface area contributed by atoms with Crippen LogP contribution >= 0.6 is 27.3 Å². The third-order valence-electron chi connectivity index (χ3n) is 2.11. The van der Waals surface area contributed by atoms with Crippen LogP contribution in [0.5, 0.6) is 0 Å². The predicted molar refractivity (Wildman–Crippen MR) is 66.6 cm³/mol. The standard InChI is InChI=1S/C11H9BrFNS/c1-6-4-10(15-11(6)12)8-5-7(14)2-3-9(8)13/h2-5H,14H2,1H3. The molecule has 0 radical (unpaired) electrons. The van der Waals surface area contributed by atoms with E-state index in [4.69, 9.17) is 5.73 Å². The van der Waals surface area contributed by atoms with E-state index >= 15 is 0 Å². The number of hydrogen-bond donors (Lipinski definition) is 1. The molecule has 0 amide bonds. The predicted octanol–water partition coefficient (Wildman–Crippen LogP) is 4.21. The topological polar surface area (TPSA) is 26.0 Å². The van der Waals surface area contributed by atoms with Crippen LogP contribution in [-0.2, 0) is 0 Å². The molecule has 0 aliphatic rings. The highest BCUT2D eigenvalue weighted by Crippen LogP contribution is 2.36. The number of rotatable bonds is 1. The maximum absolute atomic E-state index is 13.5. The van der Waals surface area contributed by atoms with Crippen LogP contribution in [-0.4, -0.2) is 0 Å². The number of aryl methyl sites for hydroxylation is 1. The molecular weight excluding hydrogens is 277 g/mol. The van der Waals surface area contributed by atoms with Gasteiger partial charge in [0.05, 0.1) is 3.79 Å². The first-order chi connectivity index (χ1) is 7.08. The van der Waals surface area contributed by atoms with Crippen LogP contribution in [0.3, 0.4) is 0 Å². The zero-order chi connectivity index (χ0) is 11.0. The van der Waals surface area contributed by atoms with Crippen molar-refractivity contribution in [3.63, 3.8) is 0 Å². The smallest absolute Gasteiger partial charge is 0.131 e. The van der Waals surface area contributed by atoms with Gasteiger partial charge in [-0.2, -0.15) is 0 Å². The van der Waals surface area contributed by atoms with Gasteiger partial charge in [-0.25, -0.2) is 4.39 Å². The number of benzene rings is 1. The van der Waals surface area contributed by atoms with Crippen LogP contribution < -0.4 is 5.73 Å². The molecule has 4 heteroatoms. The third-order valence-corrected chi connectivity index (χ3v) is 4.28. The molecule has 2 rings (SSSR count). The lowest BCUT2D eigenvalue weighted by Crippen LogP contribution is -1.87. The average molecular weight is 286 g/mol. The van der Waals surface area contributed by atoms with E-state index in [-0.39, 0.29) is 5.82 Å². The van der Waals surface area contributed by atoms with Crippen molar-refractivity contribution in [1.29, 1.82) is 0 Å². The highest BCUT2D eigenvalue weighted by molar-refractivity contribution is 9.11. The largest absolute Gasteiger partial charge is 0.399 e. The van der Waals surface area contributed by atoms with Crippen molar-refractivity contribution in [2.24, 2.45) is 0 Å². The molecule has 0 unspecified atom stereocenters. The van der Waals surface area contributed by atoms with Gasteiger partial charge in [0.15, 0.2) is 0 Å². The number of anilines is 1. The normalized spacial score (nSPS) is 10.6. The summed E-state index contributed by atoms with van der Waals surface area (Å²) >= 11 is 4.93. The Morgan fingerprint density at radius 2 is 2.07 bits per heavy atom. The average Bonchev–Trinajstić information content (AvgIpc) is 2.51. The minimum Gasteiger partial charge on any atom is -0.399 e. The van der Waals surface area contributed by atoms with Gasteiger partial charge in [-0.3, -0.25) is 0 Å². The van der Waals surface area contributed by atoms with E-state index in [0.717, 1.165) is 14.2 Å². The van der Waals surface area contributed by atoms with Gasteiger partial charge in [-0.05, 0) is 52.7 Å². The molecule has 15 heavy (non-hydrogen) atoms. The van der Waals surface area contributed by atoms with Gasteiger partial charge in [-0.15, -0.1) is 11.3 Å². The van der Waals surface area contributed by atoms with Gasteiger partial charge < -0.3 is 5.73 Å². The Kier molecular flexibility index (Phi) is 2.80. The lowest BCUT2D eigenvalue weighted by molar-refractivity contribution is 0.632. The molecule has 2 N–H and O–H groups in total. The van der Waals surface area contributed by atoms with Crippen LogP contribution in [0.15, 0.2) is 28.1 Å². The quantitative estimate of drug-likeness (QED) is 0.781. The Hall–Kier alpha value is -0.870. The van der Waals surface area contributed by atoms with Crippen molar-refractivity contribution in [2.45, 2.75) is 6.92 Å². The monoisotopic (exact) mass is 285 g/mol. The van der Waals surface area contributed by atoms with E-state index in [1.165, 1.54) is 17.4 Å². The van der Waals surface area contributed by atoms with E-state index in [9.17, 15) is 4.39 Å². The van der Waals surface area contributed by atoms with Crippen molar-refractivity contribution < 1.29 is 4.39 Å². The van der Waals surface area contributed by atoms with Crippen molar-refractivity contribution in [3.8, 4) is 10.4 Å². The number of thiophene rings is 1. The van der Waals surface area contributed by atoms with Crippen LogP contribution in [0.1, 0.15) is 5.56 Å². The first kappa shape index (κ1) is 10.6. The summed E-state index contributed by atoms with van der Waals surface area (Å²) in [7, 11) is 0. The summed E-state index contributed by atoms with van der Waals surface area (Å²) in [6.45, 7) is 1.98. The molecule has 0 aliphatic carbocycles. The van der Waals surface area contributed by atoms with Crippen molar-refractivity contribution in [2.75, 3.05) is 5.73 Å². The fraction of sp³-hybridized carbons (Fsp3) is 0.0909. The number of nitrogen functional groups attached to an aromatic ring is 1. The Morgan fingerprint density at radius 1 is 1.33 bits per heavy atom. The Bertz CT molecular complexity index is 488. The molecule has 0 spiro atoms. The SMILES string of the molecule is Cc1cc(-c2cc(N)ccc2F)sc1Br. The number of halogens is 2. The van der Waals surface area contributed by atoms with E-state index in [1.54, 1.807) is 12.1 Å². The molecule has 0 fully saturated rings. The maximum Gasteiger partial charge on any atom is 0.131 e. The highest BCUT2D eigenvalue weighted by Gasteiger charge is 2.09. The minimum absolute atomic E-state index is 0.238. The van der Waals surface area contributed by atoms with Crippen molar-refractivity contribution >= 4 is 33.0 Å². The molecule has 2 aromatic rings. The molecule has 1 aromatic carbocycles. The lowest BCUT2D eigenvalue weighted by Gasteiger charge is -2.00. The van der Waals surface area contributed by atoms with Gasteiger partial charge >= 0.3 is 0 Å². The van der Waals surface area contributed by atoms with Gasteiger partial charge in [0.25, 0.3) is 0 Å². The number of nitrogens with two attached hydrogens (primary N) is 1. The van der Waals surface area contributed by atoms with Gasteiger partial charge in [0, 0.05) is 16.1 Å². The van der Waals surface area contributed by atoms with Crippen molar-refractivity contribution in [1.82, 2.24) is 0 Å². The van der Waals surface area contributed by atoms with Gasteiger partial charge in [-0.1, -0.05) is 0 Å². The summed E-state index contributed by atoms with van der Waals surface area (Å²) in [5.74, 6) is -0.238. The van der Waals surface area contributed by atoms with Crippen molar-refractivity contribution in [3.05, 3.63) is 39.4 Å². The fourth-order valence-corrected chi connectivity index (χ4v) is 2.88. The van der Waals surface area contributed by atoms with E-state index < -0.39 is 0 Å². The van der Waals surface area contributed by atoms with E-state index in [0.29, 0.717) is 11.3 Å². The Balaban J connectivity index is 2.58. The maximum atomic E-state index is 13.5. The highest BCUT2D eigenvalue weighted by atomic mass is 79.9. The summed E-state index contributed by atoms with van der Waals surface area (Å²) in [6.07, 6.45) is 0. The zero-order valence-electron chi connectivity index (χ0n) is 8.05. The molecule has 0 atom stereocenters. The van der Waals surface area contributed by atoms with Gasteiger partial charge in [0.2, 0.25) is 0 Å². The first-order valence-electron chi connectivity index (χ1n) is 4.39. The minimum atomic E-state index is -0.238.